The first-order valence-corrected chi connectivity index (χ1v) is 4.77. The van der Waals surface area contributed by atoms with Gasteiger partial charge in [-0.2, -0.15) is 0 Å². The largest absolute Gasteiger partial charge is 0.324 e. The number of hydrogen-bond donors (Lipinski definition) is 2. The molecule has 76 valence electrons. The molecule has 0 aliphatic heterocycles. The molecule has 0 saturated heterocycles. The lowest BCUT2D eigenvalue weighted by Crippen LogP contribution is -2.34. The van der Waals surface area contributed by atoms with E-state index in [4.69, 9.17) is 5.73 Å². The highest BCUT2D eigenvalue weighted by Crippen LogP contribution is 2.13. The van der Waals surface area contributed by atoms with E-state index in [-0.39, 0.29) is 5.91 Å². The second-order valence-corrected chi connectivity index (χ2v) is 3.32. The summed E-state index contributed by atoms with van der Waals surface area (Å²) in [4.78, 5) is 11.5. The van der Waals surface area contributed by atoms with Crippen LogP contribution in [0.1, 0.15) is 18.9 Å². The van der Waals surface area contributed by atoms with Gasteiger partial charge < -0.3 is 11.1 Å². The van der Waals surface area contributed by atoms with Gasteiger partial charge in [0, 0.05) is 5.69 Å². The van der Waals surface area contributed by atoms with E-state index in [9.17, 15) is 4.79 Å². The van der Waals surface area contributed by atoms with Crippen LogP contribution in [0.2, 0.25) is 0 Å². The predicted octanol–water partition coefficient (Wildman–Crippen LogP) is 1.67. The second kappa shape index (κ2) is 4.77. The molecule has 0 aromatic heterocycles. The lowest BCUT2D eigenvalue weighted by atomic mass is 10.2. The fourth-order valence-corrected chi connectivity index (χ4v) is 1.12. The van der Waals surface area contributed by atoms with Crippen LogP contribution in [-0.2, 0) is 4.79 Å². The lowest BCUT2D eigenvalue weighted by molar-refractivity contribution is -0.117. The van der Waals surface area contributed by atoms with Gasteiger partial charge in [0.1, 0.15) is 0 Å². The number of anilines is 1. The third-order valence-electron chi connectivity index (χ3n) is 2.18. The van der Waals surface area contributed by atoms with Crippen LogP contribution in [0.15, 0.2) is 24.3 Å². The molecule has 0 saturated carbocycles. The van der Waals surface area contributed by atoms with Crippen LogP contribution in [0.4, 0.5) is 5.69 Å². The summed E-state index contributed by atoms with van der Waals surface area (Å²) in [7, 11) is 0. The smallest absolute Gasteiger partial charge is 0.241 e. The summed E-state index contributed by atoms with van der Waals surface area (Å²) in [6.45, 7) is 3.84. The minimum Gasteiger partial charge on any atom is -0.324 e. The molecule has 0 spiro atoms. The Bertz CT molecular complexity index is 323. The standard InChI is InChI=1S/C11H16N2O/c1-3-9(12)11(14)13-10-7-5-4-6-8(10)2/h4-7,9H,3,12H2,1-2H3,(H,13,14). The molecule has 1 atom stereocenters. The molecule has 1 unspecified atom stereocenters. The van der Waals surface area contributed by atoms with Gasteiger partial charge in [-0.3, -0.25) is 4.79 Å². The van der Waals surface area contributed by atoms with Crippen LogP contribution in [-0.4, -0.2) is 11.9 Å². The molecule has 0 radical (unpaired) electrons. The number of aryl methyl sites for hydroxylation is 1. The van der Waals surface area contributed by atoms with Crippen molar-refractivity contribution in [2.45, 2.75) is 26.3 Å². The number of nitrogens with two attached hydrogens (primary N) is 1. The summed E-state index contributed by atoms with van der Waals surface area (Å²) in [5.74, 6) is -0.123. The molecule has 14 heavy (non-hydrogen) atoms. The maximum absolute atomic E-state index is 11.5. The van der Waals surface area contributed by atoms with Crippen molar-refractivity contribution in [1.29, 1.82) is 0 Å². The fraction of sp³-hybridized carbons (Fsp3) is 0.364. The van der Waals surface area contributed by atoms with E-state index >= 15 is 0 Å². The molecule has 0 heterocycles. The van der Waals surface area contributed by atoms with Crippen molar-refractivity contribution >= 4 is 11.6 Å². The molecular formula is C11H16N2O. The molecule has 3 heteroatoms. The molecule has 0 fully saturated rings. The van der Waals surface area contributed by atoms with Crippen LogP contribution in [0, 0.1) is 6.92 Å². The highest BCUT2D eigenvalue weighted by atomic mass is 16.2. The lowest BCUT2D eigenvalue weighted by Gasteiger charge is -2.11. The van der Waals surface area contributed by atoms with E-state index < -0.39 is 6.04 Å². The molecule has 0 aliphatic rings. The van der Waals surface area contributed by atoms with E-state index in [0.717, 1.165) is 11.3 Å². The number of rotatable bonds is 3. The Balaban J connectivity index is 2.70. The molecule has 3 N–H and O–H groups in total. The van der Waals surface area contributed by atoms with Crippen molar-refractivity contribution in [3.05, 3.63) is 29.8 Å². The zero-order chi connectivity index (χ0) is 10.6. The average molecular weight is 192 g/mol. The average Bonchev–Trinajstić information content (AvgIpc) is 2.20. The van der Waals surface area contributed by atoms with Gasteiger partial charge in [-0.05, 0) is 25.0 Å². The highest BCUT2D eigenvalue weighted by molar-refractivity contribution is 5.95. The first-order chi connectivity index (χ1) is 6.65. The molecular weight excluding hydrogens is 176 g/mol. The van der Waals surface area contributed by atoms with Crippen molar-refractivity contribution in [1.82, 2.24) is 0 Å². The first kappa shape index (κ1) is 10.7. The highest BCUT2D eigenvalue weighted by Gasteiger charge is 2.11. The number of para-hydroxylation sites is 1. The maximum atomic E-state index is 11.5. The van der Waals surface area contributed by atoms with Gasteiger partial charge in [-0.1, -0.05) is 25.1 Å². The van der Waals surface area contributed by atoms with Gasteiger partial charge in [-0.15, -0.1) is 0 Å². The molecule has 0 bridgehead atoms. The van der Waals surface area contributed by atoms with E-state index in [1.807, 2.05) is 38.1 Å². The number of carbonyl (C=O) groups excluding carboxylic acids is 1. The summed E-state index contributed by atoms with van der Waals surface area (Å²) in [5.41, 5.74) is 7.48. The van der Waals surface area contributed by atoms with Gasteiger partial charge >= 0.3 is 0 Å². The number of carbonyl (C=O) groups is 1. The van der Waals surface area contributed by atoms with Crippen LogP contribution < -0.4 is 11.1 Å². The molecule has 0 aliphatic carbocycles. The summed E-state index contributed by atoms with van der Waals surface area (Å²) in [5, 5.41) is 2.80. The Morgan fingerprint density at radius 1 is 1.50 bits per heavy atom. The fourth-order valence-electron chi connectivity index (χ4n) is 1.12. The summed E-state index contributed by atoms with van der Waals surface area (Å²) >= 11 is 0. The summed E-state index contributed by atoms with van der Waals surface area (Å²) in [6.07, 6.45) is 0.651. The zero-order valence-electron chi connectivity index (χ0n) is 8.58. The Morgan fingerprint density at radius 2 is 2.14 bits per heavy atom. The number of benzene rings is 1. The predicted molar refractivity (Wildman–Crippen MR) is 58.1 cm³/mol. The molecule has 3 nitrogen and oxygen atoms in total. The number of hydrogen-bond acceptors (Lipinski definition) is 2. The Hall–Kier alpha value is -1.35. The Morgan fingerprint density at radius 3 is 2.71 bits per heavy atom. The van der Waals surface area contributed by atoms with Crippen molar-refractivity contribution < 1.29 is 4.79 Å². The van der Waals surface area contributed by atoms with E-state index in [2.05, 4.69) is 5.32 Å². The molecule has 1 rings (SSSR count). The van der Waals surface area contributed by atoms with Crippen LogP contribution in [0.5, 0.6) is 0 Å². The van der Waals surface area contributed by atoms with Gasteiger partial charge in [-0.25, -0.2) is 0 Å². The monoisotopic (exact) mass is 192 g/mol. The molecule has 1 amide bonds. The Labute approximate surface area is 84.3 Å². The van der Waals surface area contributed by atoms with Gasteiger partial charge in [0.25, 0.3) is 0 Å². The number of nitrogens with one attached hydrogen (secondary N) is 1. The minimum atomic E-state index is -0.422. The van der Waals surface area contributed by atoms with Crippen LogP contribution in [0.25, 0.3) is 0 Å². The van der Waals surface area contributed by atoms with Gasteiger partial charge in [0.2, 0.25) is 5.91 Å². The molecule has 1 aromatic rings. The summed E-state index contributed by atoms with van der Waals surface area (Å²) in [6, 6.07) is 7.22. The zero-order valence-corrected chi connectivity index (χ0v) is 8.58. The van der Waals surface area contributed by atoms with Crippen molar-refractivity contribution in [2.75, 3.05) is 5.32 Å². The first-order valence-electron chi connectivity index (χ1n) is 4.77. The van der Waals surface area contributed by atoms with E-state index in [1.165, 1.54) is 0 Å². The van der Waals surface area contributed by atoms with Gasteiger partial charge in [0.05, 0.1) is 6.04 Å². The SMILES string of the molecule is CCC(N)C(=O)Nc1ccccc1C. The van der Waals surface area contributed by atoms with Crippen molar-refractivity contribution in [3.63, 3.8) is 0 Å². The minimum absolute atomic E-state index is 0.123. The van der Waals surface area contributed by atoms with Crippen LogP contribution >= 0.6 is 0 Å². The van der Waals surface area contributed by atoms with E-state index in [0.29, 0.717) is 6.42 Å². The van der Waals surface area contributed by atoms with Crippen molar-refractivity contribution in [3.8, 4) is 0 Å². The van der Waals surface area contributed by atoms with Crippen LogP contribution in [0.3, 0.4) is 0 Å². The normalized spacial score (nSPS) is 12.2. The quantitative estimate of drug-likeness (QED) is 0.765. The summed E-state index contributed by atoms with van der Waals surface area (Å²) < 4.78 is 0. The third-order valence-corrected chi connectivity index (χ3v) is 2.18. The Kier molecular flexibility index (Phi) is 3.65. The number of amides is 1. The third kappa shape index (κ3) is 2.57. The van der Waals surface area contributed by atoms with E-state index in [1.54, 1.807) is 0 Å². The van der Waals surface area contributed by atoms with Crippen molar-refractivity contribution in [2.24, 2.45) is 5.73 Å². The second-order valence-electron chi connectivity index (χ2n) is 3.32. The topological polar surface area (TPSA) is 55.1 Å². The maximum Gasteiger partial charge on any atom is 0.241 e. The van der Waals surface area contributed by atoms with Gasteiger partial charge in [0.15, 0.2) is 0 Å². The molecule has 1 aromatic carbocycles.